The van der Waals surface area contributed by atoms with E-state index in [9.17, 15) is 0 Å². The normalized spacial score (nSPS) is 23.7. The summed E-state index contributed by atoms with van der Waals surface area (Å²) in [6.45, 7) is 3.23. The lowest BCUT2D eigenvalue weighted by atomic mass is 9.94. The lowest BCUT2D eigenvalue weighted by molar-refractivity contribution is 0.340. The summed E-state index contributed by atoms with van der Waals surface area (Å²) >= 11 is 0. The van der Waals surface area contributed by atoms with Gasteiger partial charge < -0.3 is 16.0 Å². The van der Waals surface area contributed by atoms with Gasteiger partial charge in [0.15, 0.2) is 0 Å². The van der Waals surface area contributed by atoms with E-state index in [4.69, 9.17) is 5.73 Å². The molecule has 2 fully saturated rings. The predicted octanol–water partition coefficient (Wildman–Crippen LogP) is 1.84. The number of benzene rings is 1. The summed E-state index contributed by atoms with van der Waals surface area (Å²) in [5.74, 6) is 2.08. The van der Waals surface area contributed by atoms with Gasteiger partial charge in [0.2, 0.25) is 5.95 Å². The average molecular weight is 309 g/mol. The van der Waals surface area contributed by atoms with Gasteiger partial charge in [0.1, 0.15) is 5.82 Å². The molecule has 5 heteroatoms. The zero-order chi connectivity index (χ0) is 15.6. The van der Waals surface area contributed by atoms with E-state index in [1.54, 1.807) is 0 Å². The maximum absolute atomic E-state index is 5.96. The largest absolute Gasteiger partial charge is 0.368 e. The Morgan fingerprint density at radius 2 is 2.04 bits per heavy atom. The van der Waals surface area contributed by atoms with E-state index >= 15 is 0 Å². The highest BCUT2D eigenvalue weighted by molar-refractivity contribution is 5.46. The molecule has 23 heavy (non-hydrogen) atoms. The number of nitrogen functional groups attached to an aromatic ring is 1. The van der Waals surface area contributed by atoms with Crippen LogP contribution in [0.5, 0.6) is 0 Å². The van der Waals surface area contributed by atoms with Crippen LogP contribution in [-0.2, 0) is 6.42 Å². The number of rotatable bonds is 3. The molecular weight excluding hydrogens is 286 g/mol. The topological polar surface area (TPSA) is 67.1 Å². The van der Waals surface area contributed by atoms with Gasteiger partial charge in [0, 0.05) is 31.6 Å². The molecule has 3 heterocycles. The fourth-order valence-corrected chi connectivity index (χ4v) is 3.79. The van der Waals surface area contributed by atoms with Crippen LogP contribution in [0.1, 0.15) is 24.1 Å². The van der Waals surface area contributed by atoms with E-state index in [2.05, 4.69) is 50.5 Å². The van der Waals surface area contributed by atoms with Crippen LogP contribution >= 0.6 is 0 Å². The molecule has 2 aliphatic rings. The van der Waals surface area contributed by atoms with E-state index < -0.39 is 0 Å². The van der Waals surface area contributed by atoms with Gasteiger partial charge >= 0.3 is 0 Å². The maximum atomic E-state index is 5.96. The summed E-state index contributed by atoms with van der Waals surface area (Å²) in [5, 5.41) is 3.63. The third-order valence-electron chi connectivity index (χ3n) is 4.93. The Hall–Kier alpha value is -2.14. The summed E-state index contributed by atoms with van der Waals surface area (Å²) < 4.78 is 0. The number of anilines is 2. The van der Waals surface area contributed by atoms with Crippen LogP contribution < -0.4 is 16.0 Å². The first kappa shape index (κ1) is 14.5. The molecule has 5 nitrogen and oxygen atoms in total. The lowest BCUT2D eigenvalue weighted by Gasteiger charge is -2.24. The fraction of sp³-hybridized carbons (Fsp3) is 0.444. The molecule has 120 valence electrons. The Morgan fingerprint density at radius 1 is 1.17 bits per heavy atom. The van der Waals surface area contributed by atoms with Gasteiger partial charge in [-0.1, -0.05) is 30.3 Å². The quantitative estimate of drug-likeness (QED) is 0.905. The van der Waals surface area contributed by atoms with Crippen LogP contribution in [0.25, 0.3) is 0 Å². The minimum atomic E-state index is 0.372. The monoisotopic (exact) mass is 309 g/mol. The summed E-state index contributed by atoms with van der Waals surface area (Å²) in [6, 6.07) is 13.1. The molecule has 2 aromatic rings. The van der Waals surface area contributed by atoms with Crippen LogP contribution in [0.4, 0.5) is 11.8 Å². The minimum Gasteiger partial charge on any atom is -0.368 e. The van der Waals surface area contributed by atoms with Crippen molar-refractivity contribution in [1.29, 1.82) is 0 Å². The van der Waals surface area contributed by atoms with Gasteiger partial charge in [-0.25, -0.2) is 4.98 Å². The number of piperidine rings is 1. The molecule has 1 aromatic carbocycles. The molecule has 2 atom stereocenters. The summed E-state index contributed by atoms with van der Waals surface area (Å²) in [4.78, 5) is 11.3. The smallest absolute Gasteiger partial charge is 0.222 e. The molecule has 0 spiro atoms. The van der Waals surface area contributed by atoms with Crippen molar-refractivity contribution in [2.75, 3.05) is 30.3 Å². The Balaban J connectivity index is 1.55. The molecule has 0 amide bonds. The van der Waals surface area contributed by atoms with Crippen molar-refractivity contribution >= 4 is 11.8 Å². The first-order valence-corrected chi connectivity index (χ1v) is 8.43. The highest BCUT2D eigenvalue weighted by atomic mass is 15.3. The number of fused-ring (bicyclic) bond motifs is 1. The number of nitrogens with two attached hydrogens (primary N) is 1. The highest BCUT2D eigenvalue weighted by Gasteiger charge is 2.34. The van der Waals surface area contributed by atoms with Crippen molar-refractivity contribution in [3.63, 3.8) is 0 Å². The van der Waals surface area contributed by atoms with E-state index in [1.165, 1.54) is 18.4 Å². The molecule has 0 aliphatic carbocycles. The third-order valence-corrected chi connectivity index (χ3v) is 4.93. The Labute approximate surface area is 136 Å². The van der Waals surface area contributed by atoms with Crippen LogP contribution in [-0.4, -0.2) is 35.6 Å². The lowest BCUT2D eigenvalue weighted by Crippen LogP contribution is -2.40. The molecule has 0 saturated carbocycles. The summed E-state index contributed by atoms with van der Waals surface area (Å²) in [7, 11) is 0. The maximum Gasteiger partial charge on any atom is 0.222 e. The summed E-state index contributed by atoms with van der Waals surface area (Å²) in [5.41, 5.74) is 8.19. The number of aromatic nitrogens is 2. The number of hydrogen-bond acceptors (Lipinski definition) is 5. The highest BCUT2D eigenvalue weighted by Crippen LogP contribution is 2.28. The fourth-order valence-electron chi connectivity index (χ4n) is 3.79. The van der Waals surface area contributed by atoms with Gasteiger partial charge in [-0.15, -0.1) is 0 Å². The van der Waals surface area contributed by atoms with Crippen molar-refractivity contribution in [2.24, 2.45) is 5.92 Å². The summed E-state index contributed by atoms with van der Waals surface area (Å²) in [6.07, 6.45) is 3.38. The standard InChI is InChI=1S/C18H23N5/c19-18-21-15(9-13-5-2-1-3-6-13)10-17(22-18)23-11-14-7-4-8-20-16(14)12-23/h1-3,5-6,10,14,16,20H,4,7-9,11-12H2,(H2,19,21,22)/t14-,16+/m1/s1. The van der Waals surface area contributed by atoms with E-state index in [-0.39, 0.29) is 0 Å². The molecule has 0 bridgehead atoms. The van der Waals surface area contributed by atoms with Crippen molar-refractivity contribution < 1.29 is 0 Å². The van der Waals surface area contributed by atoms with Gasteiger partial charge in [-0.3, -0.25) is 0 Å². The van der Waals surface area contributed by atoms with Crippen molar-refractivity contribution in [1.82, 2.24) is 15.3 Å². The molecule has 0 radical (unpaired) electrons. The second-order valence-corrected chi connectivity index (χ2v) is 6.61. The van der Waals surface area contributed by atoms with Crippen LogP contribution in [0, 0.1) is 5.92 Å². The molecule has 0 unspecified atom stereocenters. The zero-order valence-corrected chi connectivity index (χ0v) is 13.3. The minimum absolute atomic E-state index is 0.372. The van der Waals surface area contributed by atoms with Crippen molar-refractivity contribution in [3.05, 3.63) is 47.7 Å². The number of nitrogens with one attached hydrogen (secondary N) is 1. The van der Waals surface area contributed by atoms with Crippen molar-refractivity contribution in [3.8, 4) is 0 Å². The van der Waals surface area contributed by atoms with Gasteiger partial charge in [-0.2, -0.15) is 4.98 Å². The van der Waals surface area contributed by atoms with Crippen LogP contribution in [0.3, 0.4) is 0 Å². The molecule has 4 rings (SSSR count). The zero-order valence-electron chi connectivity index (χ0n) is 13.3. The number of hydrogen-bond donors (Lipinski definition) is 2. The van der Waals surface area contributed by atoms with E-state index in [1.807, 2.05) is 6.07 Å². The molecule has 2 aliphatic heterocycles. The van der Waals surface area contributed by atoms with Crippen LogP contribution in [0.2, 0.25) is 0 Å². The Kier molecular flexibility index (Phi) is 3.87. The van der Waals surface area contributed by atoms with Gasteiger partial charge in [0.25, 0.3) is 0 Å². The SMILES string of the molecule is Nc1nc(Cc2ccccc2)cc(N2C[C@H]3CCCN[C@H]3C2)n1. The Bertz CT molecular complexity index is 658. The molecule has 1 aromatic heterocycles. The third kappa shape index (κ3) is 3.15. The van der Waals surface area contributed by atoms with E-state index in [0.717, 1.165) is 43.5 Å². The molecule has 3 N–H and O–H groups in total. The van der Waals surface area contributed by atoms with Crippen LogP contribution in [0.15, 0.2) is 36.4 Å². The van der Waals surface area contributed by atoms with E-state index in [0.29, 0.717) is 12.0 Å². The predicted molar refractivity (Wildman–Crippen MR) is 92.4 cm³/mol. The second kappa shape index (κ2) is 6.16. The second-order valence-electron chi connectivity index (χ2n) is 6.61. The Morgan fingerprint density at radius 3 is 2.87 bits per heavy atom. The van der Waals surface area contributed by atoms with Crippen molar-refractivity contribution in [2.45, 2.75) is 25.3 Å². The molecule has 2 saturated heterocycles. The number of nitrogens with zero attached hydrogens (tertiary/aromatic N) is 3. The van der Waals surface area contributed by atoms with Gasteiger partial charge in [-0.05, 0) is 30.9 Å². The van der Waals surface area contributed by atoms with Gasteiger partial charge in [0.05, 0.1) is 5.69 Å². The first-order valence-electron chi connectivity index (χ1n) is 8.43. The first-order chi connectivity index (χ1) is 11.3. The molecular formula is C18H23N5. The average Bonchev–Trinajstić information content (AvgIpc) is 2.99.